The van der Waals surface area contributed by atoms with Crippen molar-refractivity contribution in [1.29, 1.82) is 0 Å². The molecule has 3 heteroatoms. The molecule has 1 aliphatic carbocycles. The van der Waals surface area contributed by atoms with Crippen LogP contribution in [0.2, 0.25) is 0 Å². The van der Waals surface area contributed by atoms with E-state index in [2.05, 4.69) is 18.3 Å². The van der Waals surface area contributed by atoms with Crippen molar-refractivity contribution in [2.45, 2.75) is 47.5 Å². The average Bonchev–Trinajstić information content (AvgIpc) is 2.42. The molecule has 0 atom stereocenters. The summed E-state index contributed by atoms with van der Waals surface area (Å²) in [6, 6.07) is 7.27. The van der Waals surface area contributed by atoms with Gasteiger partial charge in [0.15, 0.2) is 0 Å². The van der Waals surface area contributed by atoms with Crippen LogP contribution in [-0.4, -0.2) is 13.7 Å². The molecule has 3 N–H and O–H groups in total. The molecule has 1 aromatic rings. The largest absolute Gasteiger partial charge is 0.497 e. The van der Waals surface area contributed by atoms with Crippen molar-refractivity contribution in [3.8, 4) is 5.75 Å². The quantitative estimate of drug-likeness (QED) is 0.795. The first-order valence-corrected chi connectivity index (χ1v) is 6.58. The molecule has 0 saturated carbocycles. The van der Waals surface area contributed by atoms with Gasteiger partial charge in [-0.3, -0.25) is 0 Å². The van der Waals surface area contributed by atoms with E-state index in [0.29, 0.717) is 0 Å². The number of hydrogen-bond acceptors (Lipinski definition) is 3. The Hall–Kier alpha value is -1.64. The summed E-state index contributed by atoms with van der Waals surface area (Å²) in [5.41, 5.74) is 7.65. The van der Waals surface area contributed by atoms with Gasteiger partial charge in [0.05, 0.1) is 7.11 Å². The Bertz CT molecular complexity index is 358. The number of allylic oxidation sites excluding steroid dienone is 2. The molecule has 1 aromatic carbocycles. The van der Waals surface area contributed by atoms with Crippen molar-refractivity contribution in [2.24, 2.45) is 0 Å². The molecule has 116 valence electrons. The molecule has 0 bridgehead atoms. The summed E-state index contributed by atoms with van der Waals surface area (Å²) >= 11 is 0. The van der Waals surface area contributed by atoms with Crippen LogP contribution in [0, 0.1) is 0 Å². The highest BCUT2D eigenvalue weighted by molar-refractivity contribution is 5.41. The molecular formula is C17H32N2O. The number of nitrogen functional groups attached to an aromatic ring is 1. The third-order valence-electron chi connectivity index (χ3n) is 2.81. The van der Waals surface area contributed by atoms with Crippen LogP contribution in [0.4, 0.5) is 5.69 Å². The Balaban J connectivity index is 0. The van der Waals surface area contributed by atoms with Crippen LogP contribution in [0.3, 0.4) is 0 Å². The second-order valence-corrected chi connectivity index (χ2v) is 4.28. The van der Waals surface area contributed by atoms with Gasteiger partial charge in [-0.05, 0) is 56.9 Å². The predicted octanol–water partition coefficient (Wildman–Crippen LogP) is 4.60. The highest BCUT2D eigenvalue weighted by Crippen LogP contribution is 2.14. The molecule has 0 fully saturated rings. The maximum Gasteiger partial charge on any atom is 0.119 e. The summed E-state index contributed by atoms with van der Waals surface area (Å²) in [6.07, 6.45) is 7.64. The van der Waals surface area contributed by atoms with Gasteiger partial charge >= 0.3 is 0 Å². The lowest BCUT2D eigenvalue weighted by atomic mass is 10.1. The second-order valence-electron chi connectivity index (χ2n) is 4.28. The van der Waals surface area contributed by atoms with Crippen molar-refractivity contribution in [1.82, 2.24) is 5.32 Å². The molecule has 0 unspecified atom stereocenters. The summed E-state index contributed by atoms with van der Waals surface area (Å²) in [5.74, 6) is 0.837. The van der Waals surface area contributed by atoms with Gasteiger partial charge in [-0.2, -0.15) is 0 Å². The Kier molecular flexibility index (Phi) is 12.8. The van der Waals surface area contributed by atoms with E-state index in [1.807, 2.05) is 12.1 Å². The first-order valence-electron chi connectivity index (χ1n) is 6.58. The monoisotopic (exact) mass is 280 g/mol. The minimum absolute atomic E-state index is 0. The van der Waals surface area contributed by atoms with E-state index in [0.717, 1.165) is 18.0 Å². The maximum atomic E-state index is 5.43. The highest BCUT2D eigenvalue weighted by atomic mass is 16.5. The maximum absolute atomic E-state index is 5.43. The number of benzene rings is 1. The minimum atomic E-state index is 0. The Morgan fingerprint density at radius 3 is 2.25 bits per heavy atom. The van der Waals surface area contributed by atoms with Gasteiger partial charge in [-0.15, -0.1) is 0 Å². The van der Waals surface area contributed by atoms with E-state index in [4.69, 9.17) is 10.5 Å². The SMILES string of the molecule is C.C.CCNC1=CCCCC1.COc1ccc(N)cc1. The Labute approximate surface area is 125 Å². The van der Waals surface area contributed by atoms with Crippen molar-refractivity contribution in [3.63, 3.8) is 0 Å². The van der Waals surface area contributed by atoms with E-state index in [1.54, 1.807) is 19.2 Å². The zero-order valence-corrected chi connectivity index (χ0v) is 11.4. The molecule has 0 heterocycles. The lowest BCUT2D eigenvalue weighted by Crippen LogP contribution is -2.13. The normalized spacial score (nSPS) is 12.6. The van der Waals surface area contributed by atoms with E-state index in [1.165, 1.54) is 31.4 Å². The Morgan fingerprint density at radius 1 is 1.15 bits per heavy atom. The van der Waals surface area contributed by atoms with Crippen molar-refractivity contribution in [3.05, 3.63) is 36.0 Å². The smallest absolute Gasteiger partial charge is 0.119 e. The molecule has 0 aromatic heterocycles. The number of anilines is 1. The first kappa shape index (κ1) is 20.7. The standard InChI is InChI=1S/C8H15N.C7H9NO.2CH4/c1-2-9-8-6-4-3-5-7-8;1-9-7-4-2-6(8)3-5-7;;/h6,9H,2-5,7H2,1H3;2-5H,8H2,1H3;2*1H4. The van der Waals surface area contributed by atoms with Crippen molar-refractivity contribution < 1.29 is 4.74 Å². The van der Waals surface area contributed by atoms with Gasteiger partial charge in [0.2, 0.25) is 0 Å². The van der Waals surface area contributed by atoms with E-state index >= 15 is 0 Å². The summed E-state index contributed by atoms with van der Waals surface area (Å²) in [4.78, 5) is 0. The highest BCUT2D eigenvalue weighted by Gasteiger charge is 1.99. The zero-order valence-electron chi connectivity index (χ0n) is 11.4. The van der Waals surface area contributed by atoms with Crippen LogP contribution >= 0.6 is 0 Å². The van der Waals surface area contributed by atoms with Gasteiger partial charge < -0.3 is 15.8 Å². The third-order valence-corrected chi connectivity index (χ3v) is 2.81. The molecule has 3 nitrogen and oxygen atoms in total. The summed E-state index contributed by atoms with van der Waals surface area (Å²) in [7, 11) is 1.63. The fourth-order valence-electron chi connectivity index (χ4n) is 1.83. The number of ether oxygens (including phenoxy) is 1. The van der Waals surface area contributed by atoms with E-state index in [-0.39, 0.29) is 14.9 Å². The van der Waals surface area contributed by atoms with Crippen LogP contribution in [0.5, 0.6) is 5.75 Å². The van der Waals surface area contributed by atoms with Gasteiger partial charge in [-0.25, -0.2) is 0 Å². The van der Waals surface area contributed by atoms with E-state index in [9.17, 15) is 0 Å². The topological polar surface area (TPSA) is 47.3 Å². The van der Waals surface area contributed by atoms with Gasteiger partial charge in [0.25, 0.3) is 0 Å². The Morgan fingerprint density at radius 2 is 1.80 bits per heavy atom. The fraction of sp³-hybridized carbons (Fsp3) is 0.529. The minimum Gasteiger partial charge on any atom is -0.497 e. The molecule has 1 aliphatic rings. The first-order chi connectivity index (χ1) is 8.76. The van der Waals surface area contributed by atoms with Crippen LogP contribution < -0.4 is 15.8 Å². The molecule has 0 radical (unpaired) electrons. The fourth-order valence-corrected chi connectivity index (χ4v) is 1.83. The summed E-state index contributed by atoms with van der Waals surface area (Å²) in [6.45, 7) is 3.22. The van der Waals surface area contributed by atoms with Gasteiger partial charge in [0, 0.05) is 17.9 Å². The summed E-state index contributed by atoms with van der Waals surface area (Å²) < 4.78 is 4.91. The van der Waals surface area contributed by atoms with Crippen LogP contribution in [-0.2, 0) is 0 Å². The number of hydrogen-bond donors (Lipinski definition) is 2. The van der Waals surface area contributed by atoms with Gasteiger partial charge in [0.1, 0.15) is 5.75 Å². The molecule has 0 aliphatic heterocycles. The van der Waals surface area contributed by atoms with E-state index < -0.39 is 0 Å². The molecular weight excluding hydrogens is 248 g/mol. The number of nitrogens with one attached hydrogen (secondary N) is 1. The lowest BCUT2D eigenvalue weighted by Gasteiger charge is -2.12. The van der Waals surface area contributed by atoms with Crippen LogP contribution in [0.25, 0.3) is 0 Å². The molecule has 0 spiro atoms. The van der Waals surface area contributed by atoms with Gasteiger partial charge in [-0.1, -0.05) is 20.9 Å². The number of nitrogens with two attached hydrogens (primary N) is 1. The second kappa shape index (κ2) is 12.4. The summed E-state index contributed by atoms with van der Waals surface area (Å²) in [5, 5.41) is 3.35. The molecule has 2 rings (SSSR count). The average molecular weight is 280 g/mol. The van der Waals surface area contributed by atoms with Crippen LogP contribution in [0.1, 0.15) is 47.5 Å². The third kappa shape index (κ3) is 8.46. The predicted molar refractivity (Wildman–Crippen MR) is 91.1 cm³/mol. The molecule has 20 heavy (non-hydrogen) atoms. The lowest BCUT2D eigenvalue weighted by molar-refractivity contribution is 0.415. The van der Waals surface area contributed by atoms with Crippen molar-refractivity contribution in [2.75, 3.05) is 19.4 Å². The number of methoxy groups -OCH3 is 1. The zero-order chi connectivity index (χ0) is 13.2. The van der Waals surface area contributed by atoms with Crippen molar-refractivity contribution >= 4 is 5.69 Å². The number of rotatable bonds is 3. The molecule has 0 saturated heterocycles. The van der Waals surface area contributed by atoms with Crippen LogP contribution in [0.15, 0.2) is 36.0 Å². The molecule has 0 amide bonds.